The number of nitriles is 1. The largest absolute Gasteiger partial charge is 0.492 e. The summed E-state index contributed by atoms with van der Waals surface area (Å²) in [6.45, 7) is 10.3. The number of alkyl carbamates (subject to hydrolysis) is 1. The Morgan fingerprint density at radius 1 is 0.974 bits per heavy atom. The molecule has 6 nitrogen and oxygen atoms in total. The van der Waals surface area contributed by atoms with Gasteiger partial charge in [-0.1, -0.05) is 66.7 Å². The van der Waals surface area contributed by atoms with Crippen LogP contribution in [0.5, 0.6) is 0 Å². The van der Waals surface area contributed by atoms with E-state index >= 15 is 0 Å². The molecule has 1 heterocycles. The molecule has 0 atom stereocenters. The van der Waals surface area contributed by atoms with Crippen molar-refractivity contribution < 1.29 is 18.8 Å². The van der Waals surface area contributed by atoms with E-state index in [2.05, 4.69) is 35.7 Å². The van der Waals surface area contributed by atoms with Gasteiger partial charge in [-0.2, -0.15) is 5.26 Å². The smallest absolute Gasteiger partial charge is 0.449 e. The van der Waals surface area contributed by atoms with Gasteiger partial charge in [0.15, 0.2) is 0 Å². The standard InChI is InChI=1S/C32H33BN2O4/c1-21-22(11-10-12-23(21)18-34)17-24(33-38-31(2,3)32(4,5)39-33)19-35-30(36)37-20-29-27-15-8-6-13-25(27)26-14-7-9-16-28(26)29/h6-17,29H,19-20H2,1-5H3,(H,35,36). The second kappa shape index (κ2) is 10.4. The summed E-state index contributed by atoms with van der Waals surface area (Å²) in [5.41, 5.74) is 6.68. The molecule has 1 aliphatic heterocycles. The van der Waals surface area contributed by atoms with E-state index in [-0.39, 0.29) is 19.1 Å². The van der Waals surface area contributed by atoms with Crippen LogP contribution < -0.4 is 5.32 Å². The minimum Gasteiger partial charge on any atom is -0.449 e. The summed E-state index contributed by atoms with van der Waals surface area (Å²) in [7, 11) is -0.658. The molecule has 0 radical (unpaired) electrons. The van der Waals surface area contributed by atoms with Crippen LogP contribution in [0.25, 0.3) is 17.2 Å². The zero-order valence-electron chi connectivity index (χ0n) is 23.1. The van der Waals surface area contributed by atoms with Crippen LogP contribution in [0, 0.1) is 18.3 Å². The molecule has 0 unspecified atom stereocenters. The Kier molecular flexibility index (Phi) is 7.11. The molecule has 1 fully saturated rings. The van der Waals surface area contributed by atoms with Crippen LogP contribution in [0.1, 0.15) is 61.4 Å². The van der Waals surface area contributed by atoms with Gasteiger partial charge in [-0.05, 0) is 79.5 Å². The zero-order chi connectivity index (χ0) is 27.8. The molecule has 1 N–H and O–H groups in total. The number of fused-ring (bicyclic) bond motifs is 3. The van der Waals surface area contributed by atoms with Gasteiger partial charge >= 0.3 is 13.2 Å². The Balaban J connectivity index is 1.33. The molecule has 0 aromatic heterocycles. The Bertz CT molecular complexity index is 1430. The molecule has 7 heteroatoms. The Labute approximate surface area is 230 Å². The normalized spacial score (nSPS) is 17.3. The molecule has 0 spiro atoms. The average molecular weight is 520 g/mol. The molecule has 5 rings (SSSR count). The lowest BCUT2D eigenvalue weighted by molar-refractivity contribution is 0.00578. The van der Waals surface area contributed by atoms with Crippen molar-refractivity contribution in [1.29, 1.82) is 5.26 Å². The van der Waals surface area contributed by atoms with Gasteiger partial charge < -0.3 is 19.4 Å². The van der Waals surface area contributed by atoms with Crippen molar-refractivity contribution in [3.8, 4) is 17.2 Å². The molecule has 1 saturated heterocycles. The maximum absolute atomic E-state index is 12.9. The first-order chi connectivity index (χ1) is 18.6. The fourth-order valence-electron chi connectivity index (χ4n) is 5.15. The summed E-state index contributed by atoms with van der Waals surface area (Å²) in [5, 5.41) is 12.4. The van der Waals surface area contributed by atoms with Crippen molar-refractivity contribution in [3.63, 3.8) is 0 Å². The van der Waals surface area contributed by atoms with Gasteiger partial charge in [0, 0.05) is 12.5 Å². The van der Waals surface area contributed by atoms with Crippen LogP contribution in [0.2, 0.25) is 0 Å². The predicted molar refractivity (Wildman–Crippen MR) is 153 cm³/mol. The van der Waals surface area contributed by atoms with E-state index in [0.717, 1.165) is 27.7 Å². The monoisotopic (exact) mass is 520 g/mol. The molecule has 0 bridgehead atoms. The van der Waals surface area contributed by atoms with Gasteiger partial charge in [-0.3, -0.25) is 0 Å². The SMILES string of the molecule is Cc1c(C#N)cccc1C=C(CNC(=O)OCC1c2ccccc2-c2ccccc21)B1OC(C)(C)C(C)(C)O1. The van der Waals surface area contributed by atoms with Crippen LogP contribution in [0.15, 0.2) is 72.2 Å². The van der Waals surface area contributed by atoms with Crippen molar-refractivity contribution >= 4 is 19.3 Å². The molecular formula is C32H33BN2O4. The lowest BCUT2D eigenvalue weighted by Gasteiger charge is -2.32. The van der Waals surface area contributed by atoms with Crippen molar-refractivity contribution in [2.45, 2.75) is 51.7 Å². The van der Waals surface area contributed by atoms with E-state index in [9.17, 15) is 10.1 Å². The van der Waals surface area contributed by atoms with Crippen LogP contribution in [-0.2, 0) is 14.0 Å². The molecule has 39 heavy (non-hydrogen) atoms. The maximum atomic E-state index is 12.9. The molecule has 2 aliphatic rings. The highest BCUT2D eigenvalue weighted by molar-refractivity contribution is 6.56. The Morgan fingerprint density at radius 3 is 2.15 bits per heavy atom. The first-order valence-corrected chi connectivity index (χ1v) is 13.3. The van der Waals surface area contributed by atoms with E-state index in [0.29, 0.717) is 5.56 Å². The number of hydrogen-bond acceptors (Lipinski definition) is 5. The first kappa shape index (κ1) is 26.7. The summed E-state index contributed by atoms with van der Waals surface area (Å²) in [5.74, 6) is -0.0161. The third kappa shape index (κ3) is 5.10. The van der Waals surface area contributed by atoms with E-state index in [4.69, 9.17) is 14.0 Å². The fraction of sp³-hybridized carbons (Fsp3) is 0.312. The van der Waals surface area contributed by atoms with Crippen molar-refractivity contribution in [2.75, 3.05) is 13.2 Å². The highest BCUT2D eigenvalue weighted by Gasteiger charge is 2.52. The average Bonchev–Trinajstić information content (AvgIpc) is 3.35. The number of nitrogens with one attached hydrogen (secondary N) is 1. The molecule has 198 valence electrons. The Hall–Kier alpha value is -3.86. The Morgan fingerprint density at radius 2 is 1.56 bits per heavy atom. The lowest BCUT2D eigenvalue weighted by Crippen LogP contribution is -2.41. The minimum absolute atomic E-state index is 0.0161. The fourth-order valence-corrected chi connectivity index (χ4v) is 5.15. The number of ether oxygens (including phenoxy) is 1. The number of amides is 1. The number of benzene rings is 3. The third-order valence-electron chi connectivity index (χ3n) is 8.17. The number of carbonyl (C=O) groups is 1. The molecular weight excluding hydrogens is 487 g/mol. The van der Waals surface area contributed by atoms with Crippen LogP contribution >= 0.6 is 0 Å². The summed E-state index contributed by atoms with van der Waals surface area (Å²) in [6, 6.07) is 24.3. The molecule has 1 aliphatic carbocycles. The van der Waals surface area contributed by atoms with Crippen LogP contribution in [0.3, 0.4) is 0 Å². The van der Waals surface area contributed by atoms with E-state index in [1.54, 1.807) is 6.07 Å². The quantitative estimate of drug-likeness (QED) is 0.380. The highest BCUT2D eigenvalue weighted by Crippen LogP contribution is 2.44. The topological polar surface area (TPSA) is 80.6 Å². The maximum Gasteiger partial charge on any atom is 0.492 e. The van der Waals surface area contributed by atoms with Gasteiger partial charge in [0.05, 0.1) is 22.8 Å². The van der Waals surface area contributed by atoms with E-state index in [1.165, 1.54) is 11.1 Å². The molecule has 0 saturated carbocycles. The van der Waals surface area contributed by atoms with E-state index in [1.807, 2.05) is 77.1 Å². The van der Waals surface area contributed by atoms with Crippen molar-refractivity contribution in [3.05, 3.63) is 100 Å². The van der Waals surface area contributed by atoms with Gasteiger partial charge in [0.2, 0.25) is 0 Å². The summed E-state index contributed by atoms with van der Waals surface area (Å²) < 4.78 is 18.3. The molecule has 1 amide bonds. The first-order valence-electron chi connectivity index (χ1n) is 13.3. The summed E-state index contributed by atoms with van der Waals surface area (Å²) >= 11 is 0. The van der Waals surface area contributed by atoms with Crippen molar-refractivity contribution in [2.24, 2.45) is 0 Å². The van der Waals surface area contributed by atoms with Crippen LogP contribution in [0.4, 0.5) is 4.79 Å². The van der Waals surface area contributed by atoms with Crippen molar-refractivity contribution in [1.82, 2.24) is 5.32 Å². The van der Waals surface area contributed by atoms with E-state index < -0.39 is 24.4 Å². The second-order valence-corrected chi connectivity index (χ2v) is 11.1. The number of rotatable bonds is 6. The zero-order valence-corrected chi connectivity index (χ0v) is 23.1. The summed E-state index contributed by atoms with van der Waals surface area (Å²) in [6.07, 6.45) is 1.42. The van der Waals surface area contributed by atoms with Crippen LogP contribution in [-0.4, -0.2) is 37.6 Å². The number of hydrogen-bond donors (Lipinski definition) is 1. The van der Waals surface area contributed by atoms with Gasteiger partial charge in [0.1, 0.15) is 6.61 Å². The second-order valence-electron chi connectivity index (χ2n) is 11.1. The number of carbonyl (C=O) groups excluding carboxylic acids is 1. The summed E-state index contributed by atoms with van der Waals surface area (Å²) in [4.78, 5) is 12.9. The highest BCUT2D eigenvalue weighted by atomic mass is 16.7. The van der Waals surface area contributed by atoms with Gasteiger partial charge in [0.25, 0.3) is 0 Å². The predicted octanol–water partition coefficient (Wildman–Crippen LogP) is 6.42. The number of nitrogens with zero attached hydrogens (tertiary/aromatic N) is 1. The van der Waals surface area contributed by atoms with Gasteiger partial charge in [-0.25, -0.2) is 4.79 Å². The molecule has 3 aromatic carbocycles. The lowest BCUT2D eigenvalue weighted by atomic mass is 9.76. The van der Waals surface area contributed by atoms with Gasteiger partial charge in [-0.15, -0.1) is 0 Å². The molecule has 3 aromatic rings. The third-order valence-corrected chi connectivity index (χ3v) is 8.17. The minimum atomic E-state index is -0.658.